The molecule has 2 atom stereocenters. The van der Waals surface area contributed by atoms with Crippen LogP contribution in [0.4, 0.5) is 0 Å². The summed E-state index contributed by atoms with van der Waals surface area (Å²) in [6, 6.07) is 12.2. The van der Waals surface area contributed by atoms with Crippen molar-refractivity contribution < 1.29 is 14.3 Å². The second kappa shape index (κ2) is 5.68. The molecule has 1 aliphatic rings. The number of carbonyl (C=O) groups excluding carboxylic acids is 1. The molecule has 2 aromatic rings. The molecule has 0 saturated carbocycles. The lowest BCUT2D eigenvalue weighted by Gasteiger charge is -2.05. The van der Waals surface area contributed by atoms with Crippen molar-refractivity contribution in [2.24, 2.45) is 0 Å². The van der Waals surface area contributed by atoms with Gasteiger partial charge in [-0.1, -0.05) is 41.4 Å². The molecule has 0 N–H and O–H groups in total. The highest BCUT2D eigenvalue weighted by Gasteiger charge is 2.47. The number of hydrogen-bond donors (Lipinski definition) is 0. The molecule has 21 heavy (non-hydrogen) atoms. The van der Waals surface area contributed by atoms with Crippen molar-refractivity contribution in [1.82, 2.24) is 0 Å². The SMILES string of the molecule is COc1ccccc1C(=O)[C@@H]1O[C@@H]1c1ccc(Cl)cc1Cl. The minimum atomic E-state index is -0.528. The third-order valence-corrected chi connectivity index (χ3v) is 3.95. The van der Waals surface area contributed by atoms with Crippen LogP contribution in [-0.2, 0) is 4.74 Å². The zero-order chi connectivity index (χ0) is 15.0. The molecule has 108 valence electrons. The average molecular weight is 323 g/mol. The van der Waals surface area contributed by atoms with E-state index in [1.807, 2.05) is 6.07 Å². The Kier molecular flexibility index (Phi) is 3.89. The third kappa shape index (κ3) is 2.77. The fraction of sp³-hybridized carbons (Fsp3) is 0.188. The van der Waals surface area contributed by atoms with Gasteiger partial charge in [-0.25, -0.2) is 0 Å². The van der Waals surface area contributed by atoms with Crippen molar-refractivity contribution in [2.45, 2.75) is 12.2 Å². The van der Waals surface area contributed by atoms with Crippen molar-refractivity contribution in [2.75, 3.05) is 7.11 Å². The van der Waals surface area contributed by atoms with E-state index in [9.17, 15) is 4.79 Å². The number of ether oxygens (including phenoxy) is 2. The lowest BCUT2D eigenvalue weighted by Crippen LogP contribution is -2.10. The first-order chi connectivity index (χ1) is 10.1. The van der Waals surface area contributed by atoms with E-state index in [2.05, 4.69) is 0 Å². The van der Waals surface area contributed by atoms with Crippen LogP contribution >= 0.6 is 23.2 Å². The highest BCUT2D eigenvalue weighted by molar-refractivity contribution is 6.35. The molecule has 3 nitrogen and oxygen atoms in total. The Morgan fingerprint density at radius 1 is 1.19 bits per heavy atom. The van der Waals surface area contributed by atoms with Crippen molar-refractivity contribution in [3.63, 3.8) is 0 Å². The van der Waals surface area contributed by atoms with Crippen molar-refractivity contribution in [3.8, 4) is 5.75 Å². The van der Waals surface area contributed by atoms with Gasteiger partial charge in [-0.3, -0.25) is 4.79 Å². The Balaban J connectivity index is 1.83. The van der Waals surface area contributed by atoms with E-state index >= 15 is 0 Å². The van der Waals surface area contributed by atoms with E-state index in [4.69, 9.17) is 32.7 Å². The third-order valence-electron chi connectivity index (χ3n) is 3.39. The average Bonchev–Trinajstić information content (AvgIpc) is 3.26. The Labute approximate surface area is 132 Å². The van der Waals surface area contributed by atoms with Gasteiger partial charge in [-0.05, 0) is 24.3 Å². The van der Waals surface area contributed by atoms with Gasteiger partial charge in [0, 0.05) is 15.6 Å². The Bertz CT molecular complexity index is 700. The molecule has 0 aliphatic carbocycles. The van der Waals surface area contributed by atoms with Crippen molar-refractivity contribution in [1.29, 1.82) is 0 Å². The summed E-state index contributed by atoms with van der Waals surface area (Å²) in [5, 5.41) is 1.06. The Morgan fingerprint density at radius 3 is 2.67 bits per heavy atom. The molecule has 1 aliphatic heterocycles. The van der Waals surface area contributed by atoms with Crippen molar-refractivity contribution >= 4 is 29.0 Å². The molecule has 0 aromatic heterocycles. The summed E-state index contributed by atoms with van der Waals surface area (Å²) in [6.07, 6.45) is -0.854. The molecular formula is C16H12Cl2O3. The normalized spacial score (nSPS) is 20.1. The number of hydrogen-bond acceptors (Lipinski definition) is 3. The van der Waals surface area contributed by atoms with E-state index < -0.39 is 6.10 Å². The number of epoxide rings is 1. The van der Waals surface area contributed by atoms with Gasteiger partial charge in [0.15, 0.2) is 11.9 Å². The van der Waals surface area contributed by atoms with Crippen LogP contribution in [0.3, 0.4) is 0 Å². The largest absolute Gasteiger partial charge is 0.496 e. The van der Waals surface area contributed by atoms with E-state index in [-0.39, 0.29) is 11.9 Å². The van der Waals surface area contributed by atoms with Gasteiger partial charge in [0.25, 0.3) is 0 Å². The molecule has 1 heterocycles. The summed E-state index contributed by atoms with van der Waals surface area (Å²) in [5.74, 6) is 0.433. The van der Waals surface area contributed by atoms with Crippen LogP contribution in [0.25, 0.3) is 0 Å². The van der Waals surface area contributed by atoms with Gasteiger partial charge in [-0.15, -0.1) is 0 Å². The first kappa shape index (κ1) is 14.4. The second-order valence-electron chi connectivity index (χ2n) is 4.71. The topological polar surface area (TPSA) is 38.8 Å². The maximum atomic E-state index is 12.5. The number of benzene rings is 2. The second-order valence-corrected chi connectivity index (χ2v) is 5.55. The van der Waals surface area contributed by atoms with E-state index in [1.54, 1.807) is 36.4 Å². The number of rotatable bonds is 4. The van der Waals surface area contributed by atoms with Gasteiger partial charge in [0.05, 0.1) is 12.7 Å². The quantitative estimate of drug-likeness (QED) is 0.621. The maximum Gasteiger partial charge on any atom is 0.198 e. The fourth-order valence-corrected chi connectivity index (χ4v) is 2.80. The molecular weight excluding hydrogens is 311 g/mol. The fourth-order valence-electron chi connectivity index (χ4n) is 2.28. The Morgan fingerprint density at radius 2 is 1.95 bits per heavy atom. The first-order valence-electron chi connectivity index (χ1n) is 6.39. The molecule has 1 saturated heterocycles. The van der Waals surface area contributed by atoms with Crippen molar-refractivity contribution in [3.05, 3.63) is 63.6 Å². The smallest absolute Gasteiger partial charge is 0.198 e. The molecule has 0 amide bonds. The van der Waals surface area contributed by atoms with Gasteiger partial charge in [0.1, 0.15) is 11.9 Å². The van der Waals surface area contributed by atoms with Crippen LogP contribution in [0.5, 0.6) is 5.75 Å². The number of halogens is 2. The monoisotopic (exact) mass is 322 g/mol. The predicted octanol–water partition coefficient (Wildman–Crippen LogP) is 4.32. The Hall–Kier alpha value is -1.55. The number of para-hydroxylation sites is 1. The molecule has 2 aromatic carbocycles. The van der Waals surface area contributed by atoms with E-state index in [0.29, 0.717) is 21.4 Å². The van der Waals surface area contributed by atoms with Crippen LogP contribution in [-0.4, -0.2) is 19.0 Å². The van der Waals surface area contributed by atoms with Crippen LogP contribution in [0, 0.1) is 0 Å². The predicted molar refractivity (Wildman–Crippen MR) is 81.4 cm³/mol. The summed E-state index contributed by atoms with van der Waals surface area (Å²) >= 11 is 12.0. The lowest BCUT2D eigenvalue weighted by molar-refractivity contribution is 0.0950. The lowest BCUT2D eigenvalue weighted by atomic mass is 10.0. The van der Waals surface area contributed by atoms with Gasteiger partial charge in [-0.2, -0.15) is 0 Å². The van der Waals surface area contributed by atoms with E-state index in [0.717, 1.165) is 5.56 Å². The standard InChI is InChI=1S/C16H12Cl2O3/c1-20-13-5-3-2-4-11(13)14(19)16-15(21-16)10-7-6-9(17)8-12(10)18/h2-8,15-16H,1H3/t15-,16+/m1/s1. The molecule has 0 unspecified atom stereocenters. The first-order valence-corrected chi connectivity index (χ1v) is 7.15. The van der Waals surface area contributed by atoms with E-state index in [1.165, 1.54) is 7.11 Å². The summed E-state index contributed by atoms with van der Waals surface area (Å²) in [7, 11) is 1.54. The molecule has 0 spiro atoms. The molecule has 1 fully saturated rings. The number of carbonyl (C=O) groups is 1. The summed E-state index contributed by atoms with van der Waals surface area (Å²) in [4.78, 5) is 12.5. The molecule has 0 bridgehead atoms. The maximum absolute atomic E-state index is 12.5. The van der Waals surface area contributed by atoms with Crippen LogP contribution in [0.15, 0.2) is 42.5 Å². The molecule has 5 heteroatoms. The van der Waals surface area contributed by atoms with Crippen LogP contribution in [0.2, 0.25) is 10.0 Å². The van der Waals surface area contributed by atoms with Crippen LogP contribution < -0.4 is 4.74 Å². The zero-order valence-electron chi connectivity index (χ0n) is 11.2. The van der Waals surface area contributed by atoms with Gasteiger partial charge in [0.2, 0.25) is 0 Å². The number of methoxy groups -OCH3 is 1. The minimum absolute atomic E-state index is 0.108. The summed E-state index contributed by atoms with van der Waals surface area (Å²) in [5.41, 5.74) is 1.28. The minimum Gasteiger partial charge on any atom is -0.496 e. The molecule has 0 radical (unpaired) electrons. The number of Topliss-reactive ketones (excluding diaryl/α,β-unsaturated/α-hetero) is 1. The zero-order valence-corrected chi connectivity index (χ0v) is 12.7. The van der Waals surface area contributed by atoms with Gasteiger partial charge >= 0.3 is 0 Å². The molecule has 3 rings (SSSR count). The highest BCUT2D eigenvalue weighted by atomic mass is 35.5. The summed E-state index contributed by atoms with van der Waals surface area (Å²) < 4.78 is 10.7. The van der Waals surface area contributed by atoms with Crippen LogP contribution in [0.1, 0.15) is 22.0 Å². The summed E-state index contributed by atoms with van der Waals surface area (Å²) in [6.45, 7) is 0. The van der Waals surface area contributed by atoms with Gasteiger partial charge < -0.3 is 9.47 Å². The highest BCUT2D eigenvalue weighted by Crippen LogP contribution is 2.44. The number of ketones is 1.